The lowest BCUT2D eigenvalue weighted by Gasteiger charge is -1.99. The third-order valence-electron chi connectivity index (χ3n) is 2.40. The van der Waals surface area contributed by atoms with E-state index >= 15 is 0 Å². The normalized spacial score (nSPS) is 10.8. The Morgan fingerprint density at radius 2 is 2.18 bits per heavy atom. The van der Waals surface area contributed by atoms with Crippen LogP contribution in [0.3, 0.4) is 0 Å². The van der Waals surface area contributed by atoms with Crippen LogP contribution < -0.4 is 5.32 Å². The average molecular weight is 250 g/mol. The molecule has 4 heteroatoms. The quantitative estimate of drug-likeness (QED) is 0.900. The Bertz CT molecular complexity index is 488. The van der Waals surface area contributed by atoms with Crippen LogP contribution in [0, 0.1) is 12.7 Å². The monoisotopic (exact) mass is 250 g/mol. The van der Waals surface area contributed by atoms with Gasteiger partial charge >= 0.3 is 0 Å². The molecule has 2 nitrogen and oxygen atoms in total. The van der Waals surface area contributed by atoms with E-state index in [1.807, 2.05) is 18.4 Å². The fraction of sp³-hybridized carbons (Fsp3) is 0.308. The zero-order valence-electron chi connectivity index (χ0n) is 9.96. The minimum atomic E-state index is -0.205. The second-order valence-electron chi connectivity index (χ2n) is 3.94. The maximum atomic E-state index is 13.3. The second-order valence-corrected chi connectivity index (χ2v) is 4.80. The van der Waals surface area contributed by atoms with E-state index in [1.54, 1.807) is 11.3 Å². The van der Waals surface area contributed by atoms with Crippen molar-refractivity contribution in [3.05, 3.63) is 40.7 Å². The van der Waals surface area contributed by atoms with Gasteiger partial charge in [-0.05, 0) is 37.2 Å². The standard InChI is InChI=1S/C13H15FN2S/c1-3-15-7-12-8-17-13(16-12)10-4-9(2)5-11(14)6-10/h4-6,8,15H,3,7H2,1-2H3. The highest BCUT2D eigenvalue weighted by atomic mass is 32.1. The van der Waals surface area contributed by atoms with Crippen LogP contribution in [-0.2, 0) is 6.54 Å². The van der Waals surface area contributed by atoms with Crippen LogP contribution in [0.15, 0.2) is 23.6 Å². The summed E-state index contributed by atoms with van der Waals surface area (Å²) in [5, 5.41) is 6.11. The number of nitrogens with zero attached hydrogens (tertiary/aromatic N) is 1. The number of benzene rings is 1. The lowest BCUT2D eigenvalue weighted by molar-refractivity contribution is 0.627. The zero-order valence-corrected chi connectivity index (χ0v) is 10.8. The van der Waals surface area contributed by atoms with Gasteiger partial charge in [0.1, 0.15) is 10.8 Å². The number of rotatable bonds is 4. The van der Waals surface area contributed by atoms with E-state index < -0.39 is 0 Å². The first-order chi connectivity index (χ1) is 8.19. The summed E-state index contributed by atoms with van der Waals surface area (Å²) >= 11 is 1.55. The van der Waals surface area contributed by atoms with E-state index in [0.717, 1.165) is 34.9 Å². The van der Waals surface area contributed by atoms with Crippen LogP contribution in [0.1, 0.15) is 18.2 Å². The molecule has 0 aliphatic heterocycles. The maximum absolute atomic E-state index is 13.3. The Morgan fingerprint density at radius 1 is 1.35 bits per heavy atom. The molecule has 17 heavy (non-hydrogen) atoms. The van der Waals surface area contributed by atoms with Gasteiger partial charge in [-0.25, -0.2) is 9.37 Å². The third kappa shape index (κ3) is 3.11. The Labute approximate surface area is 105 Å². The lowest BCUT2D eigenvalue weighted by atomic mass is 10.1. The molecule has 0 fully saturated rings. The van der Waals surface area contributed by atoms with Gasteiger partial charge in [0.25, 0.3) is 0 Å². The van der Waals surface area contributed by atoms with Crippen LogP contribution in [0.2, 0.25) is 0 Å². The molecule has 0 bridgehead atoms. The first-order valence-electron chi connectivity index (χ1n) is 5.61. The number of halogens is 1. The molecule has 1 N–H and O–H groups in total. The van der Waals surface area contributed by atoms with Gasteiger partial charge in [-0.1, -0.05) is 6.92 Å². The number of hydrogen-bond acceptors (Lipinski definition) is 3. The molecule has 2 aromatic rings. The summed E-state index contributed by atoms with van der Waals surface area (Å²) in [5.74, 6) is -0.205. The highest BCUT2D eigenvalue weighted by molar-refractivity contribution is 7.13. The van der Waals surface area contributed by atoms with Crippen molar-refractivity contribution in [2.75, 3.05) is 6.54 Å². The fourth-order valence-corrected chi connectivity index (χ4v) is 2.44. The summed E-state index contributed by atoms with van der Waals surface area (Å²) in [6.45, 7) is 5.64. The number of aromatic nitrogens is 1. The molecule has 90 valence electrons. The van der Waals surface area contributed by atoms with Gasteiger partial charge in [0.05, 0.1) is 5.69 Å². The summed E-state index contributed by atoms with van der Waals surface area (Å²) in [6.07, 6.45) is 0. The van der Waals surface area contributed by atoms with Crippen molar-refractivity contribution in [2.24, 2.45) is 0 Å². The largest absolute Gasteiger partial charge is 0.311 e. The van der Waals surface area contributed by atoms with E-state index in [2.05, 4.69) is 17.2 Å². The molecule has 0 aliphatic carbocycles. The van der Waals surface area contributed by atoms with Crippen molar-refractivity contribution in [3.63, 3.8) is 0 Å². The molecule has 0 saturated heterocycles. The van der Waals surface area contributed by atoms with Crippen molar-refractivity contribution < 1.29 is 4.39 Å². The van der Waals surface area contributed by atoms with Gasteiger partial charge in [0.2, 0.25) is 0 Å². The molecule has 0 amide bonds. The predicted molar refractivity (Wildman–Crippen MR) is 69.6 cm³/mol. The van der Waals surface area contributed by atoms with Crippen molar-refractivity contribution in [1.29, 1.82) is 0 Å². The molecular formula is C13H15FN2S. The van der Waals surface area contributed by atoms with Crippen molar-refractivity contribution >= 4 is 11.3 Å². The van der Waals surface area contributed by atoms with Crippen LogP contribution in [0.4, 0.5) is 4.39 Å². The van der Waals surface area contributed by atoms with Gasteiger partial charge in [0, 0.05) is 17.5 Å². The Hall–Kier alpha value is -1.26. The first-order valence-corrected chi connectivity index (χ1v) is 6.49. The topological polar surface area (TPSA) is 24.9 Å². The highest BCUT2D eigenvalue weighted by Gasteiger charge is 2.06. The van der Waals surface area contributed by atoms with Crippen LogP contribution in [0.5, 0.6) is 0 Å². The van der Waals surface area contributed by atoms with Crippen LogP contribution in [-0.4, -0.2) is 11.5 Å². The Morgan fingerprint density at radius 3 is 2.88 bits per heavy atom. The predicted octanol–water partition coefficient (Wildman–Crippen LogP) is 3.37. The molecule has 0 unspecified atom stereocenters. The molecule has 0 saturated carbocycles. The van der Waals surface area contributed by atoms with Gasteiger partial charge in [0.15, 0.2) is 0 Å². The lowest BCUT2D eigenvalue weighted by Crippen LogP contribution is -2.11. The summed E-state index contributed by atoms with van der Waals surface area (Å²) in [4.78, 5) is 4.49. The maximum Gasteiger partial charge on any atom is 0.124 e. The molecule has 0 radical (unpaired) electrons. The zero-order chi connectivity index (χ0) is 12.3. The molecule has 2 rings (SSSR count). The van der Waals surface area contributed by atoms with E-state index in [4.69, 9.17) is 0 Å². The minimum absolute atomic E-state index is 0.205. The van der Waals surface area contributed by atoms with E-state index in [1.165, 1.54) is 12.1 Å². The van der Waals surface area contributed by atoms with Crippen LogP contribution in [0.25, 0.3) is 10.6 Å². The Balaban J connectivity index is 2.24. The van der Waals surface area contributed by atoms with Gasteiger partial charge in [-0.2, -0.15) is 0 Å². The minimum Gasteiger partial charge on any atom is -0.311 e. The summed E-state index contributed by atoms with van der Waals surface area (Å²) < 4.78 is 13.3. The molecule has 0 atom stereocenters. The summed E-state index contributed by atoms with van der Waals surface area (Å²) in [5.41, 5.74) is 2.78. The summed E-state index contributed by atoms with van der Waals surface area (Å²) in [6, 6.07) is 5.01. The van der Waals surface area contributed by atoms with Gasteiger partial charge in [-0.3, -0.25) is 0 Å². The molecule has 1 heterocycles. The number of aryl methyl sites for hydroxylation is 1. The third-order valence-corrected chi connectivity index (χ3v) is 3.34. The average Bonchev–Trinajstić information content (AvgIpc) is 2.73. The second kappa shape index (κ2) is 5.38. The first kappa shape index (κ1) is 12.2. The smallest absolute Gasteiger partial charge is 0.124 e. The number of thiazole rings is 1. The van der Waals surface area contributed by atoms with Gasteiger partial charge < -0.3 is 5.32 Å². The molecular weight excluding hydrogens is 235 g/mol. The number of nitrogens with one attached hydrogen (secondary N) is 1. The van der Waals surface area contributed by atoms with Crippen molar-refractivity contribution in [3.8, 4) is 10.6 Å². The van der Waals surface area contributed by atoms with E-state index in [9.17, 15) is 4.39 Å². The SMILES string of the molecule is CCNCc1csc(-c2cc(C)cc(F)c2)n1. The fourth-order valence-electron chi connectivity index (χ4n) is 1.63. The highest BCUT2D eigenvalue weighted by Crippen LogP contribution is 2.25. The number of hydrogen-bond donors (Lipinski definition) is 1. The van der Waals surface area contributed by atoms with E-state index in [0.29, 0.717) is 0 Å². The molecule has 0 aliphatic rings. The van der Waals surface area contributed by atoms with E-state index in [-0.39, 0.29) is 5.82 Å². The molecule has 1 aromatic carbocycles. The van der Waals surface area contributed by atoms with Crippen molar-refractivity contribution in [1.82, 2.24) is 10.3 Å². The Kier molecular flexibility index (Phi) is 3.86. The molecule has 0 spiro atoms. The van der Waals surface area contributed by atoms with Crippen LogP contribution >= 0.6 is 11.3 Å². The van der Waals surface area contributed by atoms with Crippen molar-refractivity contribution in [2.45, 2.75) is 20.4 Å². The molecule has 1 aromatic heterocycles. The summed E-state index contributed by atoms with van der Waals surface area (Å²) in [7, 11) is 0. The van der Waals surface area contributed by atoms with Gasteiger partial charge in [-0.15, -0.1) is 11.3 Å².